The molecule has 1 saturated carbocycles. The lowest BCUT2D eigenvalue weighted by molar-refractivity contribution is 0.390. The normalized spacial score (nSPS) is 21.5. The van der Waals surface area contributed by atoms with E-state index in [4.69, 9.17) is 0 Å². The Balaban J connectivity index is 2.27. The van der Waals surface area contributed by atoms with Crippen LogP contribution in [0.1, 0.15) is 36.2 Å². The number of hydrogen-bond donors (Lipinski definition) is 1. The maximum atomic E-state index is 3.45. The molecule has 0 aromatic carbocycles. The lowest BCUT2D eigenvalue weighted by Gasteiger charge is -2.23. The van der Waals surface area contributed by atoms with E-state index in [0.717, 1.165) is 0 Å². The second-order valence-electron chi connectivity index (χ2n) is 4.31. The molecule has 0 aliphatic heterocycles. The summed E-state index contributed by atoms with van der Waals surface area (Å²) in [4.78, 5) is 1.47. The standard InChI is InChI=1S/C11H17NS/c1-8-9(4-7-13-8)10(12-3)11(2)5-6-11/h4,7,10,12H,5-6H2,1-3H3. The van der Waals surface area contributed by atoms with Crippen molar-refractivity contribution in [3.05, 3.63) is 21.9 Å². The maximum absolute atomic E-state index is 3.45. The lowest BCUT2D eigenvalue weighted by Crippen LogP contribution is -2.24. The maximum Gasteiger partial charge on any atom is 0.0383 e. The van der Waals surface area contributed by atoms with Gasteiger partial charge in [0.25, 0.3) is 0 Å². The summed E-state index contributed by atoms with van der Waals surface area (Å²) in [6.07, 6.45) is 2.74. The van der Waals surface area contributed by atoms with Gasteiger partial charge in [0.15, 0.2) is 0 Å². The second kappa shape index (κ2) is 3.10. The quantitative estimate of drug-likeness (QED) is 0.781. The molecular weight excluding hydrogens is 178 g/mol. The monoisotopic (exact) mass is 195 g/mol. The van der Waals surface area contributed by atoms with Crippen LogP contribution in [0.3, 0.4) is 0 Å². The predicted molar refractivity (Wildman–Crippen MR) is 58.2 cm³/mol. The minimum absolute atomic E-state index is 0.528. The highest BCUT2D eigenvalue weighted by molar-refractivity contribution is 7.10. The molecular formula is C11H17NS. The molecule has 0 radical (unpaired) electrons. The van der Waals surface area contributed by atoms with Crippen molar-refractivity contribution >= 4 is 11.3 Å². The lowest BCUT2D eigenvalue weighted by atomic mass is 9.92. The Labute approximate surface area is 84.2 Å². The molecule has 2 heteroatoms. The van der Waals surface area contributed by atoms with Gasteiger partial charge in [-0.3, -0.25) is 0 Å². The summed E-state index contributed by atoms with van der Waals surface area (Å²) < 4.78 is 0. The van der Waals surface area contributed by atoms with E-state index in [-0.39, 0.29) is 0 Å². The summed E-state index contributed by atoms with van der Waals surface area (Å²) in [6, 6.07) is 2.84. The summed E-state index contributed by atoms with van der Waals surface area (Å²) in [5.41, 5.74) is 2.04. The van der Waals surface area contributed by atoms with Gasteiger partial charge >= 0.3 is 0 Å². The highest BCUT2D eigenvalue weighted by atomic mass is 32.1. The van der Waals surface area contributed by atoms with Gasteiger partial charge in [-0.15, -0.1) is 11.3 Å². The van der Waals surface area contributed by atoms with Crippen molar-refractivity contribution in [1.82, 2.24) is 5.32 Å². The molecule has 0 saturated heterocycles. The van der Waals surface area contributed by atoms with Crippen molar-refractivity contribution in [3.63, 3.8) is 0 Å². The second-order valence-corrected chi connectivity index (χ2v) is 5.43. The first-order valence-electron chi connectivity index (χ1n) is 4.88. The molecule has 1 heterocycles. The van der Waals surface area contributed by atoms with Crippen LogP contribution in [0.4, 0.5) is 0 Å². The Bertz CT molecular complexity index is 299. The van der Waals surface area contributed by atoms with E-state index in [1.165, 1.54) is 23.3 Å². The fourth-order valence-corrected chi connectivity index (χ4v) is 2.80. The van der Waals surface area contributed by atoms with Gasteiger partial charge in [0, 0.05) is 10.9 Å². The average molecular weight is 195 g/mol. The fourth-order valence-electron chi connectivity index (χ4n) is 2.06. The molecule has 1 atom stereocenters. The first-order chi connectivity index (χ1) is 6.17. The van der Waals surface area contributed by atoms with Gasteiger partial charge in [0.1, 0.15) is 0 Å². The molecule has 1 unspecified atom stereocenters. The molecule has 1 aromatic rings. The van der Waals surface area contributed by atoms with Gasteiger partial charge in [-0.1, -0.05) is 6.92 Å². The van der Waals surface area contributed by atoms with E-state index >= 15 is 0 Å². The van der Waals surface area contributed by atoms with Gasteiger partial charge in [-0.25, -0.2) is 0 Å². The summed E-state index contributed by atoms with van der Waals surface area (Å²) >= 11 is 1.85. The molecule has 2 rings (SSSR count). The van der Waals surface area contributed by atoms with Gasteiger partial charge in [0.2, 0.25) is 0 Å². The van der Waals surface area contributed by atoms with Crippen molar-refractivity contribution in [1.29, 1.82) is 0 Å². The van der Waals surface area contributed by atoms with E-state index < -0.39 is 0 Å². The minimum Gasteiger partial charge on any atom is -0.313 e. The van der Waals surface area contributed by atoms with Crippen LogP contribution in [0.15, 0.2) is 11.4 Å². The first-order valence-corrected chi connectivity index (χ1v) is 5.76. The van der Waals surface area contributed by atoms with Crippen LogP contribution in [0, 0.1) is 12.3 Å². The van der Waals surface area contributed by atoms with Crippen molar-refractivity contribution in [2.75, 3.05) is 7.05 Å². The number of thiophene rings is 1. The molecule has 1 aliphatic rings. The van der Waals surface area contributed by atoms with Gasteiger partial charge in [-0.2, -0.15) is 0 Å². The number of hydrogen-bond acceptors (Lipinski definition) is 2. The van der Waals surface area contributed by atoms with Crippen LogP contribution < -0.4 is 5.32 Å². The molecule has 13 heavy (non-hydrogen) atoms. The largest absolute Gasteiger partial charge is 0.313 e. The Morgan fingerprint density at radius 2 is 2.23 bits per heavy atom. The van der Waals surface area contributed by atoms with Crippen LogP contribution >= 0.6 is 11.3 Å². The highest BCUT2D eigenvalue weighted by Crippen LogP contribution is 2.55. The molecule has 1 aromatic heterocycles. The molecule has 1 N–H and O–H groups in total. The Morgan fingerprint density at radius 3 is 2.62 bits per heavy atom. The average Bonchev–Trinajstić information content (AvgIpc) is 2.69. The summed E-state index contributed by atoms with van der Waals surface area (Å²) in [5, 5.41) is 5.65. The van der Waals surface area contributed by atoms with Crippen LogP contribution in [-0.4, -0.2) is 7.05 Å². The first kappa shape index (κ1) is 9.22. The van der Waals surface area contributed by atoms with Crippen molar-refractivity contribution in [2.24, 2.45) is 5.41 Å². The highest BCUT2D eigenvalue weighted by Gasteiger charge is 2.45. The van der Waals surface area contributed by atoms with E-state index in [0.29, 0.717) is 11.5 Å². The topological polar surface area (TPSA) is 12.0 Å². The van der Waals surface area contributed by atoms with Crippen LogP contribution in [0.5, 0.6) is 0 Å². The van der Waals surface area contributed by atoms with Gasteiger partial charge in [-0.05, 0) is 49.2 Å². The van der Waals surface area contributed by atoms with Gasteiger partial charge < -0.3 is 5.32 Å². The van der Waals surface area contributed by atoms with E-state index in [1.54, 1.807) is 0 Å². The third kappa shape index (κ3) is 1.53. The molecule has 1 nitrogen and oxygen atoms in total. The Hall–Kier alpha value is -0.340. The minimum atomic E-state index is 0.528. The van der Waals surface area contributed by atoms with Crippen LogP contribution in [0.2, 0.25) is 0 Å². The van der Waals surface area contributed by atoms with E-state index in [9.17, 15) is 0 Å². The predicted octanol–water partition coefficient (Wildman–Crippen LogP) is 3.12. The zero-order valence-electron chi connectivity index (χ0n) is 8.55. The van der Waals surface area contributed by atoms with E-state index in [2.05, 4.69) is 37.7 Å². The Kier molecular flexibility index (Phi) is 2.20. The molecule has 1 fully saturated rings. The zero-order chi connectivity index (χ0) is 9.47. The number of nitrogens with one attached hydrogen (secondary N) is 1. The summed E-state index contributed by atoms with van der Waals surface area (Å²) in [5.74, 6) is 0. The van der Waals surface area contributed by atoms with Crippen LogP contribution in [0.25, 0.3) is 0 Å². The SMILES string of the molecule is CNC(c1ccsc1C)C1(C)CC1. The third-order valence-electron chi connectivity index (χ3n) is 3.23. The third-order valence-corrected chi connectivity index (χ3v) is 4.10. The van der Waals surface area contributed by atoms with Crippen LogP contribution in [-0.2, 0) is 0 Å². The smallest absolute Gasteiger partial charge is 0.0383 e. The molecule has 0 amide bonds. The van der Waals surface area contributed by atoms with Crippen molar-refractivity contribution < 1.29 is 0 Å². The summed E-state index contributed by atoms with van der Waals surface area (Å²) in [7, 11) is 2.07. The molecule has 1 aliphatic carbocycles. The van der Waals surface area contributed by atoms with Crippen molar-refractivity contribution in [2.45, 2.75) is 32.7 Å². The molecule has 0 bridgehead atoms. The molecule has 72 valence electrons. The number of aryl methyl sites for hydroxylation is 1. The van der Waals surface area contributed by atoms with E-state index in [1.807, 2.05) is 11.3 Å². The zero-order valence-corrected chi connectivity index (χ0v) is 9.37. The van der Waals surface area contributed by atoms with Crippen molar-refractivity contribution in [3.8, 4) is 0 Å². The summed E-state index contributed by atoms with van der Waals surface area (Å²) in [6.45, 7) is 4.60. The molecule has 0 spiro atoms. The Morgan fingerprint density at radius 1 is 1.54 bits per heavy atom. The number of rotatable bonds is 3. The fraction of sp³-hybridized carbons (Fsp3) is 0.636. The van der Waals surface area contributed by atoms with Gasteiger partial charge in [0.05, 0.1) is 0 Å².